The molecule has 0 amide bonds. The SMILES string of the molecule is CC1CC(NC2CCc3cc(Br)ccc32)C1. The Morgan fingerprint density at radius 3 is 2.88 bits per heavy atom. The topological polar surface area (TPSA) is 12.0 Å². The lowest BCUT2D eigenvalue weighted by Crippen LogP contribution is -2.41. The Kier molecular flexibility index (Phi) is 2.80. The molecule has 2 aliphatic carbocycles. The van der Waals surface area contributed by atoms with Crippen LogP contribution in [0.15, 0.2) is 22.7 Å². The number of aryl methyl sites for hydroxylation is 1. The summed E-state index contributed by atoms with van der Waals surface area (Å²) in [6.45, 7) is 2.35. The van der Waals surface area contributed by atoms with Crippen molar-refractivity contribution >= 4 is 15.9 Å². The van der Waals surface area contributed by atoms with Crippen molar-refractivity contribution in [3.05, 3.63) is 33.8 Å². The summed E-state index contributed by atoms with van der Waals surface area (Å²) in [5.41, 5.74) is 3.06. The normalized spacial score (nSPS) is 32.2. The first-order chi connectivity index (χ1) is 7.72. The molecule has 1 unspecified atom stereocenters. The third-order valence-corrected chi connectivity index (χ3v) is 4.49. The molecule has 0 aromatic heterocycles. The summed E-state index contributed by atoms with van der Waals surface area (Å²) in [6, 6.07) is 8.12. The van der Waals surface area contributed by atoms with Crippen LogP contribution in [0.4, 0.5) is 0 Å². The van der Waals surface area contributed by atoms with Crippen LogP contribution in [0.3, 0.4) is 0 Å². The van der Waals surface area contributed by atoms with E-state index in [9.17, 15) is 0 Å². The van der Waals surface area contributed by atoms with Crippen LogP contribution in [0.1, 0.15) is 43.4 Å². The van der Waals surface area contributed by atoms with Crippen LogP contribution in [0, 0.1) is 5.92 Å². The summed E-state index contributed by atoms with van der Waals surface area (Å²) in [7, 11) is 0. The molecule has 1 nitrogen and oxygen atoms in total. The van der Waals surface area contributed by atoms with Gasteiger partial charge in [0, 0.05) is 16.6 Å². The third kappa shape index (κ3) is 1.93. The predicted molar refractivity (Wildman–Crippen MR) is 70.5 cm³/mol. The van der Waals surface area contributed by atoms with Gasteiger partial charge in [0.15, 0.2) is 0 Å². The van der Waals surface area contributed by atoms with Gasteiger partial charge in [0.2, 0.25) is 0 Å². The van der Waals surface area contributed by atoms with Crippen LogP contribution in [-0.2, 0) is 6.42 Å². The molecule has 0 saturated heterocycles. The zero-order valence-electron chi connectivity index (χ0n) is 9.67. The highest BCUT2D eigenvalue weighted by Crippen LogP contribution is 2.36. The quantitative estimate of drug-likeness (QED) is 0.868. The Morgan fingerprint density at radius 2 is 2.12 bits per heavy atom. The first kappa shape index (κ1) is 10.8. The van der Waals surface area contributed by atoms with Crippen LogP contribution in [0.5, 0.6) is 0 Å². The van der Waals surface area contributed by atoms with Gasteiger partial charge in [0.05, 0.1) is 0 Å². The summed E-state index contributed by atoms with van der Waals surface area (Å²) in [5, 5.41) is 3.81. The Labute approximate surface area is 106 Å². The minimum absolute atomic E-state index is 0.612. The molecule has 2 aliphatic rings. The van der Waals surface area contributed by atoms with Gasteiger partial charge in [-0.15, -0.1) is 0 Å². The number of benzene rings is 1. The lowest BCUT2D eigenvalue weighted by molar-refractivity contribution is 0.222. The van der Waals surface area contributed by atoms with E-state index in [0.717, 1.165) is 12.0 Å². The maximum Gasteiger partial charge on any atom is 0.0328 e. The Bertz CT molecular complexity index is 396. The monoisotopic (exact) mass is 279 g/mol. The van der Waals surface area contributed by atoms with Gasteiger partial charge in [0.1, 0.15) is 0 Å². The average Bonchev–Trinajstić information content (AvgIpc) is 2.58. The number of fused-ring (bicyclic) bond motifs is 1. The van der Waals surface area contributed by atoms with Crippen LogP contribution >= 0.6 is 15.9 Å². The zero-order chi connectivity index (χ0) is 11.1. The van der Waals surface area contributed by atoms with E-state index in [0.29, 0.717) is 6.04 Å². The van der Waals surface area contributed by atoms with Crippen molar-refractivity contribution in [2.24, 2.45) is 5.92 Å². The van der Waals surface area contributed by atoms with E-state index in [2.05, 4.69) is 46.4 Å². The summed E-state index contributed by atoms with van der Waals surface area (Å²) < 4.78 is 1.21. The van der Waals surface area contributed by atoms with Crippen molar-refractivity contribution < 1.29 is 0 Å². The van der Waals surface area contributed by atoms with Gasteiger partial charge >= 0.3 is 0 Å². The van der Waals surface area contributed by atoms with Crippen molar-refractivity contribution in [2.45, 2.75) is 44.7 Å². The van der Waals surface area contributed by atoms with Gasteiger partial charge in [-0.3, -0.25) is 0 Å². The first-order valence-corrected chi connectivity index (χ1v) is 7.06. The van der Waals surface area contributed by atoms with E-state index in [1.54, 1.807) is 0 Å². The molecule has 86 valence electrons. The summed E-state index contributed by atoms with van der Waals surface area (Å²) in [6.07, 6.45) is 5.23. The predicted octanol–water partition coefficient (Wildman–Crippen LogP) is 3.82. The fraction of sp³-hybridized carbons (Fsp3) is 0.571. The van der Waals surface area contributed by atoms with Crippen LogP contribution in [0.25, 0.3) is 0 Å². The lowest BCUT2D eigenvalue weighted by Gasteiger charge is -2.36. The first-order valence-electron chi connectivity index (χ1n) is 6.27. The molecule has 16 heavy (non-hydrogen) atoms. The highest BCUT2D eigenvalue weighted by molar-refractivity contribution is 9.10. The maximum absolute atomic E-state index is 3.81. The number of nitrogens with one attached hydrogen (secondary N) is 1. The summed E-state index contributed by atoms with van der Waals surface area (Å²) in [5.74, 6) is 0.934. The van der Waals surface area contributed by atoms with Gasteiger partial charge in [0.25, 0.3) is 0 Å². The van der Waals surface area contributed by atoms with Crippen LogP contribution in [-0.4, -0.2) is 6.04 Å². The molecule has 1 saturated carbocycles. The molecule has 1 aromatic rings. The molecule has 0 bridgehead atoms. The Balaban J connectivity index is 1.71. The minimum Gasteiger partial charge on any atom is -0.307 e. The molecule has 1 aromatic carbocycles. The number of hydrogen-bond donors (Lipinski definition) is 1. The van der Waals surface area contributed by atoms with Crippen LogP contribution < -0.4 is 5.32 Å². The standard InChI is InChI=1S/C14H18BrN/c1-9-6-12(7-9)16-14-5-2-10-8-11(15)3-4-13(10)14/h3-4,8-9,12,14,16H,2,5-7H2,1H3. The molecule has 0 heterocycles. The van der Waals surface area contributed by atoms with Gasteiger partial charge < -0.3 is 5.32 Å². The highest BCUT2D eigenvalue weighted by atomic mass is 79.9. The highest BCUT2D eigenvalue weighted by Gasteiger charge is 2.30. The van der Waals surface area contributed by atoms with Crippen molar-refractivity contribution in [2.75, 3.05) is 0 Å². The van der Waals surface area contributed by atoms with Gasteiger partial charge in [-0.2, -0.15) is 0 Å². The Morgan fingerprint density at radius 1 is 1.31 bits per heavy atom. The molecule has 1 fully saturated rings. The fourth-order valence-corrected chi connectivity index (χ4v) is 3.49. The molecule has 1 atom stereocenters. The van der Waals surface area contributed by atoms with Crippen molar-refractivity contribution in [1.29, 1.82) is 0 Å². The van der Waals surface area contributed by atoms with Gasteiger partial charge in [-0.25, -0.2) is 0 Å². The zero-order valence-corrected chi connectivity index (χ0v) is 11.3. The molecule has 2 heteroatoms. The van der Waals surface area contributed by atoms with E-state index in [1.807, 2.05) is 0 Å². The van der Waals surface area contributed by atoms with E-state index in [1.165, 1.54) is 41.3 Å². The number of halogens is 1. The van der Waals surface area contributed by atoms with E-state index in [-0.39, 0.29) is 0 Å². The largest absolute Gasteiger partial charge is 0.307 e. The second kappa shape index (κ2) is 4.15. The smallest absolute Gasteiger partial charge is 0.0328 e. The molecule has 0 spiro atoms. The van der Waals surface area contributed by atoms with Crippen molar-refractivity contribution in [3.63, 3.8) is 0 Å². The minimum atomic E-state index is 0.612. The summed E-state index contributed by atoms with van der Waals surface area (Å²) in [4.78, 5) is 0. The van der Waals surface area contributed by atoms with Crippen molar-refractivity contribution in [3.8, 4) is 0 Å². The Hall–Kier alpha value is -0.340. The maximum atomic E-state index is 3.81. The van der Waals surface area contributed by atoms with E-state index in [4.69, 9.17) is 0 Å². The fourth-order valence-electron chi connectivity index (χ4n) is 3.08. The second-order valence-electron chi connectivity index (χ2n) is 5.37. The molecular formula is C14H18BrN. The molecular weight excluding hydrogens is 262 g/mol. The van der Waals surface area contributed by atoms with Crippen molar-refractivity contribution in [1.82, 2.24) is 5.32 Å². The third-order valence-electron chi connectivity index (χ3n) is 3.99. The molecule has 0 radical (unpaired) electrons. The van der Waals surface area contributed by atoms with E-state index < -0.39 is 0 Å². The molecule has 3 rings (SSSR count). The molecule has 0 aliphatic heterocycles. The van der Waals surface area contributed by atoms with Gasteiger partial charge in [-0.05, 0) is 54.9 Å². The second-order valence-corrected chi connectivity index (χ2v) is 6.29. The van der Waals surface area contributed by atoms with E-state index >= 15 is 0 Å². The number of hydrogen-bond acceptors (Lipinski definition) is 1. The van der Waals surface area contributed by atoms with Crippen LogP contribution in [0.2, 0.25) is 0 Å². The van der Waals surface area contributed by atoms with Gasteiger partial charge in [-0.1, -0.05) is 28.9 Å². The summed E-state index contributed by atoms with van der Waals surface area (Å²) >= 11 is 3.55. The number of rotatable bonds is 2. The molecule has 1 N–H and O–H groups in total. The average molecular weight is 280 g/mol. The lowest BCUT2D eigenvalue weighted by atomic mass is 9.81.